The summed E-state index contributed by atoms with van der Waals surface area (Å²) in [4.78, 5) is 7.40. The first kappa shape index (κ1) is 13.7. The number of aryl methyl sites for hydroxylation is 1. The van der Waals surface area contributed by atoms with Crippen molar-refractivity contribution in [1.82, 2.24) is 9.97 Å². The molecule has 1 heterocycles. The molecule has 2 aromatic carbocycles. The topological polar surface area (TPSA) is 48.9 Å². The fraction of sp³-hybridized carbons (Fsp3) is 0.188. The third-order valence-electron chi connectivity index (χ3n) is 3.42. The van der Waals surface area contributed by atoms with Gasteiger partial charge in [-0.25, -0.2) is 13.8 Å². The number of halogens is 2. The van der Waals surface area contributed by atoms with Crippen LogP contribution in [0.25, 0.3) is 22.2 Å². The number of benzene rings is 2. The maximum atomic E-state index is 13.9. The summed E-state index contributed by atoms with van der Waals surface area (Å²) in [5, 5.41) is 9.77. The highest BCUT2D eigenvalue weighted by molar-refractivity contribution is 5.83. The lowest BCUT2D eigenvalue weighted by Crippen LogP contribution is -2.01. The molecule has 21 heavy (non-hydrogen) atoms. The van der Waals surface area contributed by atoms with Crippen LogP contribution < -0.4 is 0 Å². The van der Waals surface area contributed by atoms with E-state index in [1.165, 1.54) is 13.0 Å². The molecule has 108 valence electrons. The molecule has 0 bridgehead atoms. The van der Waals surface area contributed by atoms with Crippen molar-refractivity contribution in [3.8, 4) is 11.1 Å². The normalized spacial score (nSPS) is 12.8. The van der Waals surface area contributed by atoms with Gasteiger partial charge in [0.15, 0.2) is 0 Å². The highest BCUT2D eigenvalue weighted by Gasteiger charge is 2.17. The Balaban J connectivity index is 2.25. The van der Waals surface area contributed by atoms with Crippen molar-refractivity contribution in [3.63, 3.8) is 0 Å². The van der Waals surface area contributed by atoms with Crippen LogP contribution in [0.3, 0.4) is 0 Å². The molecule has 0 radical (unpaired) electrons. The minimum atomic E-state index is -1.03. The van der Waals surface area contributed by atoms with Crippen molar-refractivity contribution < 1.29 is 13.9 Å². The van der Waals surface area contributed by atoms with Gasteiger partial charge in [0, 0.05) is 11.6 Å². The fourth-order valence-corrected chi connectivity index (χ4v) is 2.55. The minimum absolute atomic E-state index is 0.0861. The van der Waals surface area contributed by atoms with Crippen LogP contribution in [0.2, 0.25) is 0 Å². The number of rotatable bonds is 2. The van der Waals surface area contributed by atoms with Gasteiger partial charge in [0.2, 0.25) is 0 Å². The molecule has 0 fully saturated rings. The average Bonchev–Trinajstić information content (AvgIpc) is 2.76. The Kier molecular flexibility index (Phi) is 3.22. The van der Waals surface area contributed by atoms with Crippen LogP contribution in [0.1, 0.15) is 24.4 Å². The second-order valence-corrected chi connectivity index (χ2v) is 5.08. The Morgan fingerprint density at radius 1 is 1.19 bits per heavy atom. The first-order chi connectivity index (χ1) is 9.95. The molecule has 0 saturated heterocycles. The molecule has 1 unspecified atom stereocenters. The van der Waals surface area contributed by atoms with Crippen molar-refractivity contribution in [2.45, 2.75) is 20.0 Å². The van der Waals surface area contributed by atoms with Crippen LogP contribution in [0.5, 0.6) is 0 Å². The number of aliphatic hydroxyl groups excluding tert-OH is 1. The predicted molar refractivity (Wildman–Crippen MR) is 76.8 cm³/mol. The molecule has 0 spiro atoms. The van der Waals surface area contributed by atoms with E-state index in [0.717, 1.165) is 17.4 Å². The van der Waals surface area contributed by atoms with Crippen LogP contribution in [0.15, 0.2) is 30.3 Å². The molecular weight excluding hydrogens is 274 g/mol. The molecule has 3 aromatic rings. The van der Waals surface area contributed by atoms with Crippen LogP contribution in [0, 0.1) is 18.6 Å². The number of nitrogens with one attached hydrogen (secondary N) is 1. The first-order valence-corrected chi connectivity index (χ1v) is 6.59. The summed E-state index contributed by atoms with van der Waals surface area (Å²) < 4.78 is 27.5. The maximum absolute atomic E-state index is 13.9. The lowest BCUT2D eigenvalue weighted by atomic mass is 9.95. The van der Waals surface area contributed by atoms with Crippen molar-refractivity contribution >= 4 is 11.0 Å². The van der Waals surface area contributed by atoms with E-state index >= 15 is 0 Å². The molecule has 1 atom stereocenters. The van der Waals surface area contributed by atoms with Gasteiger partial charge in [-0.3, -0.25) is 0 Å². The van der Waals surface area contributed by atoms with E-state index in [2.05, 4.69) is 9.97 Å². The number of H-pyrrole nitrogens is 1. The molecule has 3 nitrogen and oxygen atoms in total. The molecule has 2 N–H and O–H groups in total. The van der Waals surface area contributed by atoms with Gasteiger partial charge >= 0.3 is 0 Å². The minimum Gasteiger partial charge on any atom is -0.389 e. The molecule has 0 saturated carbocycles. The lowest BCUT2D eigenvalue weighted by molar-refractivity contribution is 0.194. The molecule has 0 aliphatic rings. The van der Waals surface area contributed by atoms with E-state index in [-0.39, 0.29) is 5.56 Å². The van der Waals surface area contributed by atoms with Crippen LogP contribution in [-0.2, 0) is 0 Å². The number of hydrogen-bond donors (Lipinski definition) is 2. The second-order valence-electron chi connectivity index (χ2n) is 5.08. The number of imidazole rings is 1. The van der Waals surface area contributed by atoms with E-state index in [9.17, 15) is 13.9 Å². The molecular formula is C16H14F2N2O. The molecule has 0 aliphatic carbocycles. The van der Waals surface area contributed by atoms with Gasteiger partial charge in [-0.05, 0) is 43.2 Å². The number of aromatic amines is 1. The second kappa shape index (κ2) is 4.93. The zero-order chi connectivity index (χ0) is 15.1. The van der Waals surface area contributed by atoms with Gasteiger partial charge < -0.3 is 10.1 Å². The number of aliphatic hydroxyl groups is 1. The number of hydrogen-bond acceptors (Lipinski definition) is 2. The van der Waals surface area contributed by atoms with Crippen LogP contribution in [0.4, 0.5) is 8.78 Å². The lowest BCUT2D eigenvalue weighted by Gasteiger charge is -2.13. The van der Waals surface area contributed by atoms with Crippen LogP contribution >= 0.6 is 0 Å². The van der Waals surface area contributed by atoms with E-state index < -0.39 is 17.7 Å². The number of nitrogens with zero attached hydrogens (tertiary/aromatic N) is 1. The van der Waals surface area contributed by atoms with Crippen molar-refractivity contribution in [2.75, 3.05) is 0 Å². The molecule has 0 aliphatic heterocycles. The summed E-state index contributed by atoms with van der Waals surface area (Å²) in [6.07, 6.45) is -1.03. The third kappa shape index (κ3) is 2.40. The third-order valence-corrected chi connectivity index (χ3v) is 3.42. The molecule has 5 heteroatoms. The highest BCUT2D eigenvalue weighted by atomic mass is 19.1. The summed E-state index contributed by atoms with van der Waals surface area (Å²) in [7, 11) is 0. The predicted octanol–water partition coefficient (Wildman–Crippen LogP) is 3.87. The Morgan fingerprint density at radius 3 is 2.67 bits per heavy atom. The number of aromatic nitrogens is 2. The van der Waals surface area contributed by atoms with Gasteiger partial charge in [0.05, 0.1) is 17.1 Å². The monoisotopic (exact) mass is 288 g/mol. The van der Waals surface area contributed by atoms with Crippen molar-refractivity contribution in [2.24, 2.45) is 0 Å². The Morgan fingerprint density at radius 2 is 1.95 bits per heavy atom. The van der Waals surface area contributed by atoms with Gasteiger partial charge in [0.1, 0.15) is 17.5 Å². The molecule has 1 aromatic heterocycles. The fourth-order valence-electron chi connectivity index (χ4n) is 2.55. The van der Waals surface area contributed by atoms with Gasteiger partial charge in [-0.15, -0.1) is 0 Å². The van der Waals surface area contributed by atoms with E-state index in [1.54, 1.807) is 18.2 Å². The van der Waals surface area contributed by atoms with E-state index in [4.69, 9.17) is 0 Å². The highest BCUT2D eigenvalue weighted by Crippen LogP contribution is 2.32. The zero-order valence-electron chi connectivity index (χ0n) is 11.6. The first-order valence-electron chi connectivity index (χ1n) is 6.59. The summed E-state index contributed by atoms with van der Waals surface area (Å²) in [5.41, 5.74) is 2.61. The summed E-state index contributed by atoms with van der Waals surface area (Å²) in [5.74, 6) is -0.660. The average molecular weight is 288 g/mol. The zero-order valence-corrected chi connectivity index (χ0v) is 11.6. The summed E-state index contributed by atoms with van der Waals surface area (Å²) in [6, 6.07) is 7.31. The van der Waals surface area contributed by atoms with E-state index in [0.29, 0.717) is 16.6 Å². The SMILES string of the molecule is Cc1nc2cc(-c3cc(F)cc(F)c3C(C)O)ccc2[nH]1. The summed E-state index contributed by atoms with van der Waals surface area (Å²) >= 11 is 0. The maximum Gasteiger partial charge on any atom is 0.132 e. The Bertz CT molecular complexity index is 825. The van der Waals surface area contributed by atoms with E-state index in [1.807, 2.05) is 6.92 Å². The Labute approximate surface area is 120 Å². The smallest absolute Gasteiger partial charge is 0.132 e. The van der Waals surface area contributed by atoms with Gasteiger partial charge in [-0.1, -0.05) is 6.07 Å². The summed E-state index contributed by atoms with van der Waals surface area (Å²) in [6.45, 7) is 3.29. The Hall–Kier alpha value is -2.27. The van der Waals surface area contributed by atoms with Crippen molar-refractivity contribution in [3.05, 3.63) is 53.4 Å². The van der Waals surface area contributed by atoms with Crippen molar-refractivity contribution in [1.29, 1.82) is 0 Å². The largest absolute Gasteiger partial charge is 0.389 e. The van der Waals surface area contributed by atoms with Gasteiger partial charge in [-0.2, -0.15) is 0 Å². The van der Waals surface area contributed by atoms with Crippen LogP contribution in [-0.4, -0.2) is 15.1 Å². The quantitative estimate of drug-likeness (QED) is 0.752. The number of fused-ring (bicyclic) bond motifs is 1. The molecule has 0 amide bonds. The standard InChI is InChI=1S/C16H14F2N2O/c1-8(21)16-12(6-11(17)7-13(16)18)10-3-4-14-15(5-10)20-9(2)19-14/h3-8,21H,1-2H3,(H,19,20). The van der Waals surface area contributed by atoms with Gasteiger partial charge in [0.25, 0.3) is 0 Å². The molecule has 3 rings (SSSR count).